The van der Waals surface area contributed by atoms with E-state index in [1.165, 1.54) is 23.1 Å². The van der Waals surface area contributed by atoms with E-state index in [0.717, 1.165) is 16.7 Å². The summed E-state index contributed by atoms with van der Waals surface area (Å²) in [6, 6.07) is 5.51. The maximum atomic E-state index is 14.5. The number of hydrogen-bond acceptors (Lipinski definition) is 6. The summed E-state index contributed by atoms with van der Waals surface area (Å²) in [6.45, 7) is 1.84. The second kappa shape index (κ2) is 10.1. The first kappa shape index (κ1) is 24.4. The minimum absolute atomic E-state index is 0.00575. The molecular formula is C21H22F4N4O4. The highest BCUT2D eigenvalue weighted by Crippen LogP contribution is 2.20. The molecule has 0 saturated carbocycles. The molecule has 33 heavy (non-hydrogen) atoms. The lowest BCUT2D eigenvalue weighted by Crippen LogP contribution is -2.38. The van der Waals surface area contributed by atoms with Crippen LogP contribution in [0.4, 0.5) is 17.6 Å². The summed E-state index contributed by atoms with van der Waals surface area (Å²) < 4.78 is 51.7. The molecule has 1 fully saturated rings. The predicted molar refractivity (Wildman–Crippen MR) is 108 cm³/mol. The molecule has 2 aromatic rings. The molecule has 1 aromatic carbocycles. The largest absolute Gasteiger partial charge is 0.492 e. The minimum atomic E-state index is -5.12. The number of hydrogen-bond donors (Lipinski definition) is 1. The molecule has 2 heterocycles. The van der Waals surface area contributed by atoms with Crippen molar-refractivity contribution in [3.05, 3.63) is 62.8 Å². The molecule has 1 aromatic heterocycles. The Morgan fingerprint density at radius 3 is 2.61 bits per heavy atom. The molecule has 0 bridgehead atoms. The highest BCUT2D eigenvalue weighted by atomic mass is 19.4. The summed E-state index contributed by atoms with van der Waals surface area (Å²) in [4.78, 5) is 41.1. The molecule has 12 heteroatoms. The summed E-state index contributed by atoms with van der Waals surface area (Å²) in [7, 11) is 0. The molecule has 0 aliphatic carbocycles. The Morgan fingerprint density at radius 2 is 1.91 bits per heavy atom. The highest BCUT2D eigenvalue weighted by molar-refractivity contribution is 5.94. The summed E-state index contributed by atoms with van der Waals surface area (Å²) in [5, 5.41) is 7.25. The van der Waals surface area contributed by atoms with E-state index in [4.69, 9.17) is 0 Å². The normalized spacial score (nSPS) is 15.2. The zero-order valence-corrected chi connectivity index (χ0v) is 17.7. The Balaban J connectivity index is 1.72. The van der Waals surface area contributed by atoms with Gasteiger partial charge in [-0.2, -0.15) is 18.3 Å². The van der Waals surface area contributed by atoms with Gasteiger partial charge in [0.1, 0.15) is 5.82 Å². The monoisotopic (exact) mass is 470 g/mol. The second-order valence-electron chi connectivity index (χ2n) is 7.50. The topological polar surface area (TPSA) is 95.6 Å². The number of nitrogens with one attached hydrogen (secondary N) is 1. The van der Waals surface area contributed by atoms with Crippen LogP contribution in [0.2, 0.25) is 0 Å². The van der Waals surface area contributed by atoms with Crippen LogP contribution in [0.5, 0.6) is 0 Å². The first-order valence-corrected chi connectivity index (χ1v) is 10.3. The van der Waals surface area contributed by atoms with Crippen LogP contribution in [0.3, 0.4) is 0 Å². The molecule has 1 saturated heterocycles. The van der Waals surface area contributed by atoms with Gasteiger partial charge >= 0.3 is 12.1 Å². The maximum Gasteiger partial charge on any atom is 0.492 e. The van der Waals surface area contributed by atoms with Gasteiger partial charge in [0, 0.05) is 32.1 Å². The fourth-order valence-electron chi connectivity index (χ4n) is 3.49. The zero-order valence-electron chi connectivity index (χ0n) is 17.7. The molecule has 0 atom stereocenters. The number of aromatic amines is 1. The first-order chi connectivity index (χ1) is 15.6. The summed E-state index contributed by atoms with van der Waals surface area (Å²) in [5.74, 6) is -3.69. The molecule has 178 valence electrons. The van der Waals surface area contributed by atoms with Gasteiger partial charge in [0.05, 0.1) is 17.8 Å². The van der Waals surface area contributed by atoms with Gasteiger partial charge in [-0.25, -0.2) is 14.3 Å². The average Bonchev–Trinajstić information content (AvgIpc) is 3.00. The fraction of sp³-hybridized carbons (Fsp3) is 0.429. The number of H-pyrrole nitrogens is 1. The van der Waals surface area contributed by atoms with E-state index in [2.05, 4.69) is 15.0 Å². The lowest BCUT2D eigenvalue weighted by atomic mass is 10.0. The molecule has 0 spiro atoms. The molecule has 0 unspecified atom stereocenters. The molecule has 8 nitrogen and oxygen atoms in total. The number of amides is 1. The molecular weight excluding hydrogens is 448 g/mol. The predicted octanol–water partition coefficient (Wildman–Crippen LogP) is 2.23. The quantitative estimate of drug-likeness (QED) is 0.674. The van der Waals surface area contributed by atoms with E-state index in [0.29, 0.717) is 17.7 Å². The summed E-state index contributed by atoms with van der Waals surface area (Å²) >= 11 is 0. The maximum absolute atomic E-state index is 14.5. The van der Waals surface area contributed by atoms with E-state index in [1.807, 2.05) is 6.92 Å². The van der Waals surface area contributed by atoms with Gasteiger partial charge in [-0.3, -0.25) is 9.59 Å². The second-order valence-corrected chi connectivity index (χ2v) is 7.50. The van der Waals surface area contributed by atoms with E-state index < -0.39 is 23.9 Å². The minimum Gasteiger partial charge on any atom is -0.361 e. The van der Waals surface area contributed by atoms with Gasteiger partial charge in [-0.1, -0.05) is 13.0 Å². The molecule has 1 amide bonds. The number of carbonyl (C=O) groups is 2. The SMILES string of the molecule is CCc1cc(=O)[nH]nc1Cc1ccc(F)c(C(=O)N2CCCN(OC(=O)C(F)(F)F)CC2)c1. The third-order valence-corrected chi connectivity index (χ3v) is 5.18. The van der Waals surface area contributed by atoms with Crippen LogP contribution < -0.4 is 5.56 Å². The molecule has 1 aliphatic rings. The van der Waals surface area contributed by atoms with Gasteiger partial charge in [0.15, 0.2) is 0 Å². The molecule has 3 rings (SSSR count). The Hall–Kier alpha value is -3.28. The zero-order chi connectivity index (χ0) is 24.2. The highest BCUT2D eigenvalue weighted by Gasteiger charge is 2.42. The first-order valence-electron chi connectivity index (χ1n) is 10.3. The number of aromatic nitrogens is 2. The van der Waals surface area contributed by atoms with Crippen LogP contribution in [0.15, 0.2) is 29.1 Å². The molecule has 1 N–H and O–H groups in total. The number of nitrogens with zero attached hydrogens (tertiary/aromatic N) is 3. The number of alkyl halides is 3. The number of benzene rings is 1. The Bertz CT molecular complexity index is 1090. The standard InChI is InChI=1S/C21H22F4N4O4/c1-2-14-12-18(30)27-26-17(14)11-13-4-5-16(22)15(10-13)19(31)28-6-3-7-29(9-8-28)33-20(32)21(23,24)25/h4-5,10,12H,2-3,6-9,11H2,1H3,(H,27,30). The van der Waals surface area contributed by atoms with Gasteiger partial charge in [-0.15, -0.1) is 5.06 Å². The Morgan fingerprint density at radius 1 is 1.15 bits per heavy atom. The van der Waals surface area contributed by atoms with Gasteiger partial charge in [0.2, 0.25) is 0 Å². The fourth-order valence-corrected chi connectivity index (χ4v) is 3.49. The van der Waals surface area contributed by atoms with Crippen LogP contribution in [0.1, 0.15) is 40.5 Å². The van der Waals surface area contributed by atoms with Crippen molar-refractivity contribution in [2.75, 3.05) is 26.2 Å². The smallest absolute Gasteiger partial charge is 0.361 e. The van der Waals surface area contributed by atoms with Crippen molar-refractivity contribution >= 4 is 11.9 Å². The van der Waals surface area contributed by atoms with Gasteiger partial charge < -0.3 is 9.74 Å². The van der Waals surface area contributed by atoms with Gasteiger partial charge in [0.25, 0.3) is 11.5 Å². The third-order valence-electron chi connectivity index (χ3n) is 5.18. The lowest BCUT2D eigenvalue weighted by molar-refractivity contribution is -0.237. The number of aryl methyl sites for hydroxylation is 1. The third kappa shape index (κ3) is 6.15. The number of rotatable bonds is 5. The van der Waals surface area contributed by atoms with Crippen LogP contribution in [-0.2, 0) is 22.5 Å². The van der Waals surface area contributed by atoms with Crippen LogP contribution in [-0.4, -0.2) is 64.4 Å². The number of halogens is 4. The number of carbonyl (C=O) groups excluding carboxylic acids is 2. The Kier molecular flexibility index (Phi) is 7.46. The van der Waals surface area contributed by atoms with Crippen molar-refractivity contribution in [1.82, 2.24) is 20.2 Å². The summed E-state index contributed by atoms with van der Waals surface area (Å²) in [5.41, 5.74) is 1.41. The molecule has 1 aliphatic heterocycles. The summed E-state index contributed by atoms with van der Waals surface area (Å²) in [6.07, 6.45) is -4.05. The van der Waals surface area contributed by atoms with Crippen LogP contribution in [0, 0.1) is 5.82 Å². The molecule has 0 radical (unpaired) electrons. The van der Waals surface area contributed by atoms with E-state index in [-0.39, 0.29) is 50.1 Å². The van der Waals surface area contributed by atoms with Crippen molar-refractivity contribution in [2.24, 2.45) is 0 Å². The van der Waals surface area contributed by atoms with Crippen molar-refractivity contribution in [2.45, 2.75) is 32.4 Å². The van der Waals surface area contributed by atoms with E-state index in [1.54, 1.807) is 0 Å². The lowest BCUT2D eigenvalue weighted by Gasteiger charge is -2.22. The van der Waals surface area contributed by atoms with E-state index >= 15 is 0 Å². The average molecular weight is 470 g/mol. The van der Waals surface area contributed by atoms with Gasteiger partial charge in [-0.05, 0) is 36.1 Å². The van der Waals surface area contributed by atoms with Crippen LogP contribution in [0.25, 0.3) is 0 Å². The van der Waals surface area contributed by atoms with Crippen molar-refractivity contribution in [3.8, 4) is 0 Å². The van der Waals surface area contributed by atoms with Crippen LogP contribution >= 0.6 is 0 Å². The Labute approximate surface area is 186 Å². The van der Waals surface area contributed by atoms with Crippen molar-refractivity contribution < 1.29 is 32.0 Å². The van der Waals surface area contributed by atoms with E-state index in [9.17, 15) is 31.9 Å². The van der Waals surface area contributed by atoms with Crippen molar-refractivity contribution in [3.63, 3.8) is 0 Å². The number of hydroxylamine groups is 2. The van der Waals surface area contributed by atoms with Crippen molar-refractivity contribution in [1.29, 1.82) is 0 Å².